The van der Waals surface area contributed by atoms with Crippen LogP contribution in [0, 0.1) is 5.41 Å². The van der Waals surface area contributed by atoms with Gasteiger partial charge in [0.2, 0.25) is 0 Å². The molecule has 1 aliphatic heterocycles. The molecule has 1 heterocycles. The van der Waals surface area contributed by atoms with Crippen molar-refractivity contribution in [2.75, 3.05) is 6.61 Å². The third kappa shape index (κ3) is 1.26. The van der Waals surface area contributed by atoms with Crippen LogP contribution >= 0.6 is 0 Å². The minimum Gasteiger partial charge on any atom is -0.465 e. The van der Waals surface area contributed by atoms with E-state index in [2.05, 4.69) is 4.99 Å². The third-order valence-electron chi connectivity index (χ3n) is 2.13. The Morgan fingerprint density at radius 1 is 1.75 bits per heavy atom. The number of hydrogen-bond acceptors (Lipinski definition) is 3. The largest absolute Gasteiger partial charge is 0.465 e. The number of carbonyl (C=O) groups is 1. The van der Waals surface area contributed by atoms with Gasteiger partial charge in [-0.25, -0.2) is 0 Å². The Labute approximate surface area is 72.1 Å². The lowest BCUT2D eigenvalue weighted by atomic mass is 9.87. The van der Waals surface area contributed by atoms with E-state index in [0.717, 1.165) is 5.71 Å². The lowest BCUT2D eigenvalue weighted by molar-refractivity contribution is -0.148. The van der Waals surface area contributed by atoms with Crippen LogP contribution in [0.3, 0.4) is 0 Å². The van der Waals surface area contributed by atoms with Gasteiger partial charge in [0.05, 0.1) is 6.61 Å². The van der Waals surface area contributed by atoms with Gasteiger partial charge >= 0.3 is 5.97 Å². The molecule has 0 fully saturated rings. The first kappa shape index (κ1) is 8.97. The van der Waals surface area contributed by atoms with Gasteiger partial charge < -0.3 is 4.74 Å². The number of hydrogen-bond donors (Lipinski definition) is 0. The van der Waals surface area contributed by atoms with Crippen molar-refractivity contribution in [1.29, 1.82) is 0 Å². The summed E-state index contributed by atoms with van der Waals surface area (Å²) in [6.07, 6.45) is 3.41. The molecule has 0 N–H and O–H groups in total. The second-order valence-corrected chi connectivity index (χ2v) is 2.95. The van der Waals surface area contributed by atoms with Crippen molar-refractivity contribution in [1.82, 2.24) is 0 Å². The molecule has 0 aromatic carbocycles. The van der Waals surface area contributed by atoms with E-state index in [0.29, 0.717) is 6.61 Å². The van der Waals surface area contributed by atoms with E-state index in [4.69, 9.17) is 4.74 Å². The molecular weight excluding hydrogens is 154 g/mol. The van der Waals surface area contributed by atoms with E-state index in [1.165, 1.54) is 0 Å². The second-order valence-electron chi connectivity index (χ2n) is 2.95. The van der Waals surface area contributed by atoms with Crippen LogP contribution in [0.4, 0.5) is 0 Å². The van der Waals surface area contributed by atoms with Crippen molar-refractivity contribution in [3.8, 4) is 0 Å². The van der Waals surface area contributed by atoms with Crippen molar-refractivity contribution in [3.63, 3.8) is 0 Å². The SMILES string of the molecule is CCOC(=O)C1(C)C=CN=C1C. The highest BCUT2D eigenvalue weighted by Crippen LogP contribution is 2.27. The maximum absolute atomic E-state index is 11.4. The fourth-order valence-electron chi connectivity index (χ4n) is 1.05. The van der Waals surface area contributed by atoms with Crippen LogP contribution in [0.2, 0.25) is 0 Å². The summed E-state index contributed by atoms with van der Waals surface area (Å²) >= 11 is 0. The van der Waals surface area contributed by atoms with Gasteiger partial charge in [-0.15, -0.1) is 0 Å². The van der Waals surface area contributed by atoms with Gasteiger partial charge in [-0.2, -0.15) is 0 Å². The number of ether oxygens (including phenoxy) is 1. The standard InChI is InChI=1S/C9H13NO2/c1-4-12-8(11)9(3)5-6-10-7(9)2/h5-6H,4H2,1-3H3. The maximum atomic E-state index is 11.4. The number of esters is 1. The molecule has 3 heteroatoms. The Kier molecular flexibility index (Phi) is 2.31. The zero-order valence-corrected chi connectivity index (χ0v) is 7.63. The minimum atomic E-state index is -0.629. The quantitative estimate of drug-likeness (QED) is 0.585. The Bertz CT molecular complexity index is 255. The summed E-state index contributed by atoms with van der Waals surface area (Å²) in [5.74, 6) is -0.222. The van der Waals surface area contributed by atoms with Crippen molar-refractivity contribution in [2.24, 2.45) is 10.4 Å². The summed E-state index contributed by atoms with van der Waals surface area (Å²) in [7, 11) is 0. The van der Waals surface area contributed by atoms with E-state index < -0.39 is 5.41 Å². The predicted molar refractivity (Wildman–Crippen MR) is 47.0 cm³/mol. The van der Waals surface area contributed by atoms with Crippen molar-refractivity contribution in [3.05, 3.63) is 12.3 Å². The average molecular weight is 167 g/mol. The number of rotatable bonds is 2. The van der Waals surface area contributed by atoms with Gasteiger partial charge in [-0.05, 0) is 26.8 Å². The summed E-state index contributed by atoms with van der Waals surface area (Å²) in [5.41, 5.74) is 0.164. The summed E-state index contributed by atoms with van der Waals surface area (Å²) in [5, 5.41) is 0. The smallest absolute Gasteiger partial charge is 0.321 e. The summed E-state index contributed by atoms with van der Waals surface area (Å²) in [6.45, 7) is 5.85. The monoisotopic (exact) mass is 167 g/mol. The molecule has 1 aliphatic rings. The molecule has 0 aromatic heterocycles. The van der Waals surface area contributed by atoms with E-state index in [-0.39, 0.29) is 5.97 Å². The zero-order chi connectivity index (χ0) is 9.19. The van der Waals surface area contributed by atoms with Gasteiger partial charge in [0.1, 0.15) is 5.41 Å². The second kappa shape index (κ2) is 3.09. The summed E-state index contributed by atoms with van der Waals surface area (Å²) < 4.78 is 4.93. The Balaban J connectivity index is 2.79. The molecule has 0 spiro atoms. The molecule has 0 aromatic rings. The van der Waals surface area contributed by atoms with Crippen LogP contribution in [0.1, 0.15) is 20.8 Å². The molecule has 1 atom stereocenters. The van der Waals surface area contributed by atoms with Crippen molar-refractivity contribution >= 4 is 11.7 Å². The molecule has 1 rings (SSSR count). The number of carbonyl (C=O) groups excluding carboxylic acids is 1. The van der Waals surface area contributed by atoms with Crippen LogP contribution in [0.25, 0.3) is 0 Å². The highest BCUT2D eigenvalue weighted by atomic mass is 16.5. The van der Waals surface area contributed by atoms with Crippen LogP contribution in [-0.4, -0.2) is 18.3 Å². The normalized spacial score (nSPS) is 27.1. The number of aliphatic imine (C=N–C) groups is 1. The molecule has 0 saturated heterocycles. The van der Waals surface area contributed by atoms with Gasteiger partial charge in [0.25, 0.3) is 0 Å². The molecule has 0 saturated carbocycles. The Morgan fingerprint density at radius 2 is 2.42 bits per heavy atom. The Morgan fingerprint density at radius 3 is 2.83 bits per heavy atom. The zero-order valence-electron chi connectivity index (χ0n) is 7.63. The molecule has 1 unspecified atom stereocenters. The molecule has 0 amide bonds. The van der Waals surface area contributed by atoms with Crippen molar-refractivity contribution < 1.29 is 9.53 Å². The highest BCUT2D eigenvalue weighted by molar-refractivity contribution is 6.08. The maximum Gasteiger partial charge on any atom is 0.321 e. The molecular formula is C9H13NO2. The third-order valence-corrected chi connectivity index (χ3v) is 2.13. The van der Waals surface area contributed by atoms with Crippen LogP contribution in [0.5, 0.6) is 0 Å². The lowest BCUT2D eigenvalue weighted by Gasteiger charge is -2.19. The van der Waals surface area contributed by atoms with E-state index in [9.17, 15) is 4.79 Å². The number of nitrogens with zero attached hydrogens (tertiary/aromatic N) is 1. The van der Waals surface area contributed by atoms with Crippen LogP contribution < -0.4 is 0 Å². The minimum absolute atomic E-state index is 0.222. The molecule has 3 nitrogen and oxygen atoms in total. The fraction of sp³-hybridized carbons (Fsp3) is 0.556. The van der Waals surface area contributed by atoms with Gasteiger partial charge in [0, 0.05) is 11.9 Å². The first-order valence-corrected chi connectivity index (χ1v) is 4.01. The van der Waals surface area contributed by atoms with E-state index in [1.54, 1.807) is 19.2 Å². The molecule has 66 valence electrons. The van der Waals surface area contributed by atoms with Gasteiger partial charge in [0.15, 0.2) is 0 Å². The van der Waals surface area contributed by atoms with Crippen LogP contribution in [-0.2, 0) is 9.53 Å². The van der Waals surface area contributed by atoms with E-state index >= 15 is 0 Å². The predicted octanol–water partition coefficient (Wildman–Crippen LogP) is 1.54. The molecule has 0 aliphatic carbocycles. The van der Waals surface area contributed by atoms with Gasteiger partial charge in [-0.1, -0.05) is 0 Å². The summed E-state index contributed by atoms with van der Waals surface area (Å²) in [6, 6.07) is 0. The van der Waals surface area contributed by atoms with Crippen LogP contribution in [0.15, 0.2) is 17.3 Å². The first-order valence-electron chi connectivity index (χ1n) is 4.01. The molecule has 0 bridgehead atoms. The fourth-order valence-corrected chi connectivity index (χ4v) is 1.05. The average Bonchev–Trinajstić information content (AvgIpc) is 2.34. The lowest BCUT2D eigenvalue weighted by Crippen LogP contribution is -2.32. The molecule has 12 heavy (non-hydrogen) atoms. The van der Waals surface area contributed by atoms with Crippen molar-refractivity contribution in [2.45, 2.75) is 20.8 Å². The Hall–Kier alpha value is -1.12. The molecule has 0 radical (unpaired) electrons. The topological polar surface area (TPSA) is 38.7 Å². The summed E-state index contributed by atoms with van der Waals surface area (Å²) in [4.78, 5) is 15.5. The van der Waals surface area contributed by atoms with Gasteiger partial charge in [-0.3, -0.25) is 9.79 Å². The first-order chi connectivity index (χ1) is 5.61. The van der Waals surface area contributed by atoms with E-state index in [1.807, 2.05) is 13.8 Å². The highest BCUT2D eigenvalue weighted by Gasteiger charge is 2.37.